The van der Waals surface area contributed by atoms with Gasteiger partial charge in [0.2, 0.25) is 5.89 Å². The van der Waals surface area contributed by atoms with Crippen LogP contribution in [0.3, 0.4) is 0 Å². The first-order valence-corrected chi connectivity index (χ1v) is 6.11. The van der Waals surface area contributed by atoms with Crippen LogP contribution in [0.2, 0.25) is 0 Å². The van der Waals surface area contributed by atoms with Crippen LogP contribution < -0.4 is 10.1 Å². The number of para-hydroxylation sites is 1. The van der Waals surface area contributed by atoms with Crippen molar-refractivity contribution in [3.63, 3.8) is 0 Å². The smallest absolute Gasteiger partial charge is 0.211 e. The summed E-state index contributed by atoms with van der Waals surface area (Å²) in [4.78, 5) is 4.28. The van der Waals surface area contributed by atoms with E-state index in [1.165, 1.54) is 0 Å². The number of nitrogens with one attached hydrogen (secondary N) is 1. The van der Waals surface area contributed by atoms with E-state index >= 15 is 0 Å². The van der Waals surface area contributed by atoms with Gasteiger partial charge in [0.05, 0.1) is 24.4 Å². The molecule has 0 aliphatic heterocycles. The van der Waals surface area contributed by atoms with Crippen LogP contribution in [0.15, 0.2) is 34.9 Å². The molecule has 4 heteroatoms. The standard InChI is InChI=1S/C14H18N2O2/c1-4-17-12-8-6-5-7-11(12)13-9-16-14(18-13)10(2)15-3/h5-10,15H,4H2,1-3H3. The molecule has 1 N–H and O–H groups in total. The van der Waals surface area contributed by atoms with Crippen molar-refractivity contribution in [2.45, 2.75) is 19.9 Å². The zero-order chi connectivity index (χ0) is 13.0. The number of oxazole rings is 1. The number of rotatable bonds is 5. The van der Waals surface area contributed by atoms with Crippen LogP contribution in [-0.4, -0.2) is 18.6 Å². The normalized spacial score (nSPS) is 12.4. The maximum absolute atomic E-state index is 5.76. The molecule has 2 aromatic rings. The third-order valence-electron chi connectivity index (χ3n) is 2.78. The maximum atomic E-state index is 5.76. The highest BCUT2D eigenvalue weighted by molar-refractivity contribution is 5.65. The zero-order valence-corrected chi connectivity index (χ0v) is 10.9. The van der Waals surface area contributed by atoms with Crippen LogP contribution in [0.4, 0.5) is 0 Å². The summed E-state index contributed by atoms with van der Waals surface area (Å²) in [6.45, 7) is 4.60. The van der Waals surface area contributed by atoms with Crippen molar-refractivity contribution in [3.8, 4) is 17.1 Å². The van der Waals surface area contributed by atoms with Gasteiger partial charge < -0.3 is 14.5 Å². The molecule has 0 saturated carbocycles. The van der Waals surface area contributed by atoms with Crippen LogP contribution in [0, 0.1) is 0 Å². The van der Waals surface area contributed by atoms with E-state index in [-0.39, 0.29) is 6.04 Å². The molecule has 0 fully saturated rings. The number of aromatic nitrogens is 1. The van der Waals surface area contributed by atoms with Crippen molar-refractivity contribution in [2.75, 3.05) is 13.7 Å². The highest BCUT2D eigenvalue weighted by atomic mass is 16.5. The SMILES string of the molecule is CCOc1ccccc1-c1cnc(C(C)NC)o1. The number of ether oxygens (including phenoxy) is 1. The lowest BCUT2D eigenvalue weighted by molar-refractivity contribution is 0.340. The summed E-state index contributed by atoms with van der Waals surface area (Å²) >= 11 is 0. The summed E-state index contributed by atoms with van der Waals surface area (Å²) in [6, 6.07) is 7.91. The van der Waals surface area contributed by atoms with Gasteiger partial charge >= 0.3 is 0 Å². The average molecular weight is 246 g/mol. The maximum Gasteiger partial charge on any atom is 0.211 e. The first-order valence-electron chi connectivity index (χ1n) is 6.11. The molecule has 1 heterocycles. The number of benzene rings is 1. The van der Waals surface area contributed by atoms with Gasteiger partial charge in [-0.2, -0.15) is 0 Å². The molecule has 1 atom stereocenters. The molecule has 0 amide bonds. The summed E-state index contributed by atoms with van der Waals surface area (Å²) in [5.74, 6) is 2.23. The van der Waals surface area contributed by atoms with Crippen molar-refractivity contribution in [1.82, 2.24) is 10.3 Å². The first kappa shape index (κ1) is 12.6. The lowest BCUT2D eigenvalue weighted by Crippen LogP contribution is -2.12. The fourth-order valence-corrected chi connectivity index (χ4v) is 1.69. The van der Waals surface area contributed by atoms with E-state index in [9.17, 15) is 0 Å². The van der Waals surface area contributed by atoms with Gasteiger partial charge in [-0.3, -0.25) is 0 Å². The highest BCUT2D eigenvalue weighted by Gasteiger charge is 2.14. The minimum absolute atomic E-state index is 0.0954. The van der Waals surface area contributed by atoms with Crippen LogP contribution >= 0.6 is 0 Å². The van der Waals surface area contributed by atoms with E-state index in [2.05, 4.69) is 10.3 Å². The molecule has 2 rings (SSSR count). The second kappa shape index (κ2) is 5.69. The number of hydrogen-bond donors (Lipinski definition) is 1. The highest BCUT2D eigenvalue weighted by Crippen LogP contribution is 2.31. The van der Waals surface area contributed by atoms with Gasteiger partial charge in [0.1, 0.15) is 5.75 Å². The molecule has 0 aliphatic carbocycles. The summed E-state index contributed by atoms with van der Waals surface area (Å²) in [6.07, 6.45) is 1.74. The van der Waals surface area contributed by atoms with Gasteiger partial charge in [-0.1, -0.05) is 12.1 Å². The van der Waals surface area contributed by atoms with E-state index in [0.717, 1.165) is 17.1 Å². The molecule has 0 bridgehead atoms. The molecule has 0 aliphatic rings. The Morgan fingerprint density at radius 3 is 2.89 bits per heavy atom. The predicted octanol–water partition coefficient (Wildman–Crippen LogP) is 3.02. The zero-order valence-electron chi connectivity index (χ0n) is 10.9. The Kier molecular flexibility index (Phi) is 3.99. The van der Waals surface area contributed by atoms with Crippen molar-refractivity contribution in [3.05, 3.63) is 36.4 Å². The van der Waals surface area contributed by atoms with Crippen LogP contribution in [0.1, 0.15) is 25.8 Å². The lowest BCUT2D eigenvalue weighted by Gasteiger charge is -2.07. The second-order valence-electron chi connectivity index (χ2n) is 4.00. The summed E-state index contributed by atoms with van der Waals surface area (Å²) in [5.41, 5.74) is 0.932. The van der Waals surface area contributed by atoms with Crippen LogP contribution in [0.5, 0.6) is 5.75 Å². The fraction of sp³-hybridized carbons (Fsp3) is 0.357. The molecule has 1 aromatic carbocycles. The van der Waals surface area contributed by atoms with Gasteiger partial charge in [-0.05, 0) is 33.0 Å². The Bertz CT molecular complexity index is 508. The van der Waals surface area contributed by atoms with Gasteiger partial charge in [0, 0.05) is 0 Å². The topological polar surface area (TPSA) is 47.3 Å². The number of hydrogen-bond acceptors (Lipinski definition) is 4. The largest absolute Gasteiger partial charge is 0.493 e. The van der Waals surface area contributed by atoms with Crippen molar-refractivity contribution in [2.24, 2.45) is 0 Å². The minimum atomic E-state index is 0.0954. The fourth-order valence-electron chi connectivity index (χ4n) is 1.69. The van der Waals surface area contributed by atoms with Crippen molar-refractivity contribution < 1.29 is 9.15 Å². The molecular formula is C14H18N2O2. The van der Waals surface area contributed by atoms with Crippen LogP contribution in [-0.2, 0) is 0 Å². The molecule has 0 spiro atoms. The molecule has 4 nitrogen and oxygen atoms in total. The summed E-state index contributed by atoms with van der Waals surface area (Å²) in [7, 11) is 1.88. The Balaban J connectivity index is 2.33. The van der Waals surface area contributed by atoms with E-state index in [0.29, 0.717) is 12.5 Å². The predicted molar refractivity (Wildman–Crippen MR) is 70.6 cm³/mol. The van der Waals surface area contributed by atoms with Gasteiger partial charge in [-0.15, -0.1) is 0 Å². The van der Waals surface area contributed by atoms with Gasteiger partial charge in [0.15, 0.2) is 5.76 Å². The number of nitrogens with zero attached hydrogens (tertiary/aromatic N) is 1. The van der Waals surface area contributed by atoms with Crippen LogP contribution in [0.25, 0.3) is 11.3 Å². The van der Waals surface area contributed by atoms with Crippen molar-refractivity contribution >= 4 is 0 Å². The van der Waals surface area contributed by atoms with Gasteiger partial charge in [-0.25, -0.2) is 4.98 Å². The molecular weight excluding hydrogens is 228 g/mol. The summed E-state index contributed by atoms with van der Waals surface area (Å²) < 4.78 is 11.3. The van der Waals surface area contributed by atoms with Crippen molar-refractivity contribution in [1.29, 1.82) is 0 Å². The minimum Gasteiger partial charge on any atom is -0.493 e. The summed E-state index contributed by atoms with van der Waals surface area (Å²) in [5, 5.41) is 3.10. The third-order valence-corrected chi connectivity index (χ3v) is 2.78. The molecule has 18 heavy (non-hydrogen) atoms. The Labute approximate surface area is 107 Å². The van der Waals surface area contributed by atoms with E-state index < -0.39 is 0 Å². The van der Waals surface area contributed by atoms with E-state index in [1.54, 1.807) is 6.20 Å². The molecule has 0 saturated heterocycles. The van der Waals surface area contributed by atoms with E-state index in [4.69, 9.17) is 9.15 Å². The monoisotopic (exact) mass is 246 g/mol. The lowest BCUT2D eigenvalue weighted by atomic mass is 10.1. The Morgan fingerprint density at radius 1 is 1.39 bits per heavy atom. The third kappa shape index (κ3) is 2.54. The molecule has 0 radical (unpaired) electrons. The molecule has 96 valence electrons. The second-order valence-corrected chi connectivity index (χ2v) is 4.00. The van der Waals surface area contributed by atoms with E-state index in [1.807, 2.05) is 45.2 Å². The first-order chi connectivity index (χ1) is 8.76. The molecule has 1 aromatic heterocycles. The Hall–Kier alpha value is -1.81. The molecule has 1 unspecified atom stereocenters. The average Bonchev–Trinajstić information content (AvgIpc) is 2.88. The van der Waals surface area contributed by atoms with Gasteiger partial charge in [0.25, 0.3) is 0 Å². The Morgan fingerprint density at radius 2 is 2.17 bits per heavy atom. The quantitative estimate of drug-likeness (QED) is 0.881.